The molecule has 0 radical (unpaired) electrons. The quantitative estimate of drug-likeness (QED) is 0.858. The van der Waals surface area contributed by atoms with Crippen LogP contribution in [0.3, 0.4) is 0 Å². The van der Waals surface area contributed by atoms with Gasteiger partial charge in [0.25, 0.3) is 0 Å². The molecule has 0 aliphatic carbocycles. The van der Waals surface area contributed by atoms with E-state index in [1.807, 2.05) is 43.0 Å². The Morgan fingerprint density at radius 1 is 1.20 bits per heavy atom. The fraction of sp³-hybridized carbons (Fsp3) is 0.267. The predicted molar refractivity (Wildman–Crippen MR) is 88.0 cm³/mol. The molecule has 20 heavy (non-hydrogen) atoms. The topological polar surface area (TPSA) is 41.1 Å². The van der Waals surface area contributed by atoms with Crippen molar-refractivity contribution in [2.75, 3.05) is 16.4 Å². The number of urea groups is 1. The zero-order valence-electron chi connectivity index (χ0n) is 11.2. The van der Waals surface area contributed by atoms with E-state index in [4.69, 9.17) is 0 Å². The van der Waals surface area contributed by atoms with E-state index >= 15 is 0 Å². The van der Waals surface area contributed by atoms with E-state index in [9.17, 15) is 4.79 Å². The molecule has 1 aliphatic heterocycles. The summed E-state index contributed by atoms with van der Waals surface area (Å²) in [5, 5.41) is 6.70. The van der Waals surface area contributed by atoms with Crippen molar-refractivity contribution in [3.8, 4) is 0 Å². The zero-order valence-corrected chi connectivity index (χ0v) is 12.9. The molecule has 2 N–H and O–H groups in total. The summed E-state index contributed by atoms with van der Waals surface area (Å²) in [6, 6.07) is 9.71. The number of amides is 2. The maximum absolute atomic E-state index is 12.0. The average molecular weight is 304 g/mol. The summed E-state index contributed by atoms with van der Waals surface area (Å²) in [5.74, 6) is 2.25. The van der Waals surface area contributed by atoms with Crippen molar-refractivity contribution in [1.82, 2.24) is 0 Å². The third kappa shape index (κ3) is 3.16. The minimum Gasteiger partial charge on any atom is -0.308 e. The summed E-state index contributed by atoms with van der Waals surface area (Å²) < 4.78 is 0. The first-order chi connectivity index (χ1) is 9.70. The Labute approximate surface area is 126 Å². The normalized spacial score (nSPS) is 13.7. The maximum Gasteiger partial charge on any atom is 0.324 e. The van der Waals surface area contributed by atoms with Gasteiger partial charge in [-0.3, -0.25) is 5.32 Å². The number of anilines is 2. The van der Waals surface area contributed by atoms with Crippen LogP contribution in [0.15, 0.2) is 30.3 Å². The van der Waals surface area contributed by atoms with Gasteiger partial charge in [-0.2, -0.15) is 11.8 Å². The molecule has 5 heteroatoms. The number of carbonyl (C=O) groups excluding carboxylic acids is 1. The van der Waals surface area contributed by atoms with Crippen LogP contribution in [0, 0.1) is 6.92 Å². The second kappa shape index (κ2) is 5.89. The number of hydrogen-bond acceptors (Lipinski definition) is 3. The molecule has 1 aromatic carbocycles. The van der Waals surface area contributed by atoms with Crippen LogP contribution in [-0.2, 0) is 12.2 Å². The summed E-state index contributed by atoms with van der Waals surface area (Å²) in [7, 11) is 0. The van der Waals surface area contributed by atoms with Crippen LogP contribution >= 0.6 is 23.1 Å². The molecule has 0 spiro atoms. The lowest BCUT2D eigenvalue weighted by Gasteiger charge is -2.08. The second-order valence-corrected chi connectivity index (χ2v) is 7.05. The number of rotatable bonds is 2. The van der Waals surface area contributed by atoms with Crippen LogP contribution in [0.5, 0.6) is 0 Å². The Kier molecular flexibility index (Phi) is 3.98. The number of thioether (sulfide) groups is 1. The van der Waals surface area contributed by atoms with Crippen LogP contribution in [0.25, 0.3) is 0 Å². The van der Waals surface area contributed by atoms with Crippen molar-refractivity contribution in [1.29, 1.82) is 0 Å². The van der Waals surface area contributed by atoms with Gasteiger partial charge in [-0.1, -0.05) is 17.7 Å². The molecular weight excluding hydrogens is 288 g/mol. The van der Waals surface area contributed by atoms with E-state index < -0.39 is 0 Å². The lowest BCUT2D eigenvalue weighted by molar-refractivity contribution is 0.262. The summed E-state index contributed by atoms with van der Waals surface area (Å²) in [4.78, 5) is 13.4. The Hall–Kier alpha value is -1.46. The van der Waals surface area contributed by atoms with Gasteiger partial charge < -0.3 is 5.32 Å². The molecule has 0 atom stereocenters. The highest BCUT2D eigenvalue weighted by molar-refractivity contribution is 7.98. The number of fused-ring (bicyclic) bond motifs is 1. The van der Waals surface area contributed by atoms with Crippen molar-refractivity contribution >= 4 is 39.8 Å². The number of nitrogens with one attached hydrogen (secondary N) is 2. The van der Waals surface area contributed by atoms with Gasteiger partial charge in [0, 0.05) is 16.3 Å². The molecule has 2 aromatic rings. The molecule has 2 heterocycles. The van der Waals surface area contributed by atoms with Gasteiger partial charge in [0.05, 0.1) is 5.00 Å². The SMILES string of the molecule is Cc1ccc(NC(=O)Nc2cc3c(s2)CSCC3)cc1. The third-order valence-electron chi connectivity index (χ3n) is 3.19. The molecule has 3 nitrogen and oxygen atoms in total. The summed E-state index contributed by atoms with van der Waals surface area (Å²) in [5.41, 5.74) is 3.38. The first-order valence-electron chi connectivity index (χ1n) is 6.55. The summed E-state index contributed by atoms with van der Waals surface area (Å²) >= 11 is 3.64. The van der Waals surface area contributed by atoms with E-state index in [0.717, 1.165) is 22.9 Å². The molecule has 3 rings (SSSR count). The van der Waals surface area contributed by atoms with Gasteiger partial charge in [0.15, 0.2) is 0 Å². The molecule has 0 saturated carbocycles. The van der Waals surface area contributed by atoms with E-state index in [1.54, 1.807) is 11.3 Å². The highest BCUT2D eigenvalue weighted by atomic mass is 32.2. The van der Waals surface area contributed by atoms with Gasteiger partial charge in [-0.25, -0.2) is 4.79 Å². The lowest BCUT2D eigenvalue weighted by Crippen LogP contribution is -2.18. The Bertz CT molecular complexity index is 596. The standard InChI is InChI=1S/C15H16N2OS2/c1-10-2-4-12(5-3-10)16-15(18)17-14-8-11-6-7-19-9-13(11)20-14/h2-5,8H,6-7,9H2,1H3,(H2,16,17,18). The van der Waals surface area contributed by atoms with Gasteiger partial charge in [0.1, 0.15) is 0 Å². The summed E-state index contributed by atoms with van der Waals surface area (Å²) in [6.07, 6.45) is 1.11. The monoisotopic (exact) mass is 304 g/mol. The fourth-order valence-electron chi connectivity index (χ4n) is 2.12. The Balaban J connectivity index is 1.63. The van der Waals surface area contributed by atoms with Crippen molar-refractivity contribution in [2.45, 2.75) is 19.1 Å². The number of carbonyl (C=O) groups is 1. The number of thiophene rings is 1. The minimum atomic E-state index is -0.180. The van der Waals surface area contributed by atoms with Crippen molar-refractivity contribution < 1.29 is 4.79 Å². The van der Waals surface area contributed by atoms with Gasteiger partial charge in [-0.05, 0) is 42.9 Å². The van der Waals surface area contributed by atoms with Gasteiger partial charge >= 0.3 is 6.03 Å². The minimum absolute atomic E-state index is 0.180. The smallest absolute Gasteiger partial charge is 0.308 e. The molecule has 1 aromatic heterocycles. The number of aryl methyl sites for hydroxylation is 2. The van der Waals surface area contributed by atoms with E-state index in [2.05, 4.69) is 16.7 Å². The van der Waals surface area contributed by atoms with Crippen molar-refractivity contribution in [2.24, 2.45) is 0 Å². The molecule has 2 amide bonds. The van der Waals surface area contributed by atoms with Crippen molar-refractivity contribution in [3.05, 3.63) is 46.3 Å². The van der Waals surface area contributed by atoms with Crippen LogP contribution in [-0.4, -0.2) is 11.8 Å². The van der Waals surface area contributed by atoms with Crippen LogP contribution < -0.4 is 10.6 Å². The third-order valence-corrected chi connectivity index (χ3v) is 5.45. The Morgan fingerprint density at radius 3 is 2.75 bits per heavy atom. The number of benzene rings is 1. The highest BCUT2D eigenvalue weighted by Crippen LogP contribution is 2.34. The molecular formula is C15H16N2OS2. The highest BCUT2D eigenvalue weighted by Gasteiger charge is 2.14. The first-order valence-corrected chi connectivity index (χ1v) is 8.52. The average Bonchev–Trinajstić information content (AvgIpc) is 2.83. The van der Waals surface area contributed by atoms with Crippen LogP contribution in [0.4, 0.5) is 15.5 Å². The van der Waals surface area contributed by atoms with E-state index in [0.29, 0.717) is 0 Å². The largest absolute Gasteiger partial charge is 0.324 e. The second-order valence-electron chi connectivity index (χ2n) is 4.81. The van der Waals surface area contributed by atoms with Gasteiger partial charge in [-0.15, -0.1) is 11.3 Å². The molecule has 0 fully saturated rings. The van der Waals surface area contributed by atoms with Crippen LogP contribution in [0.2, 0.25) is 0 Å². The molecule has 0 bridgehead atoms. The summed E-state index contributed by atoms with van der Waals surface area (Å²) in [6.45, 7) is 2.03. The molecule has 0 unspecified atom stereocenters. The fourth-order valence-corrected chi connectivity index (χ4v) is 4.39. The van der Waals surface area contributed by atoms with E-state index in [-0.39, 0.29) is 6.03 Å². The Morgan fingerprint density at radius 2 is 2.00 bits per heavy atom. The molecule has 0 saturated heterocycles. The molecule has 1 aliphatic rings. The van der Waals surface area contributed by atoms with Crippen molar-refractivity contribution in [3.63, 3.8) is 0 Å². The van der Waals surface area contributed by atoms with E-state index in [1.165, 1.54) is 21.8 Å². The van der Waals surface area contributed by atoms with Gasteiger partial charge in [0.2, 0.25) is 0 Å². The molecule has 104 valence electrons. The lowest BCUT2D eigenvalue weighted by atomic mass is 10.2. The first kappa shape index (κ1) is 13.5. The predicted octanol–water partition coefficient (Wildman–Crippen LogP) is 4.49. The van der Waals surface area contributed by atoms with Crippen LogP contribution in [0.1, 0.15) is 16.0 Å². The zero-order chi connectivity index (χ0) is 13.9. The number of hydrogen-bond donors (Lipinski definition) is 2. The maximum atomic E-state index is 12.0.